The van der Waals surface area contributed by atoms with E-state index in [2.05, 4.69) is 38.6 Å². The van der Waals surface area contributed by atoms with Crippen LogP contribution in [0.15, 0.2) is 47.8 Å². The highest BCUT2D eigenvalue weighted by Crippen LogP contribution is 2.24. The van der Waals surface area contributed by atoms with E-state index in [-0.39, 0.29) is 11.9 Å². The number of amides is 1. The fraction of sp³-hybridized carbons (Fsp3) is 0.300. The number of nitrogens with one attached hydrogen (secondary N) is 2. The van der Waals surface area contributed by atoms with Crippen molar-refractivity contribution >= 4 is 23.1 Å². The normalized spacial score (nSPS) is 17.3. The summed E-state index contributed by atoms with van der Waals surface area (Å²) >= 11 is 1.50. The molecule has 1 saturated heterocycles. The van der Waals surface area contributed by atoms with Crippen LogP contribution in [0.2, 0.25) is 0 Å². The molecule has 0 bridgehead atoms. The van der Waals surface area contributed by atoms with Crippen LogP contribution in [0.4, 0.5) is 5.82 Å². The largest absolute Gasteiger partial charge is 0.353 e. The average molecular weight is 366 g/mol. The summed E-state index contributed by atoms with van der Waals surface area (Å²) in [7, 11) is 0. The first-order valence-electron chi connectivity index (χ1n) is 8.91. The molecule has 1 atom stereocenters. The molecule has 1 aliphatic heterocycles. The smallest absolute Gasteiger partial charge is 0.261 e. The molecule has 0 radical (unpaired) electrons. The fourth-order valence-corrected chi connectivity index (χ4v) is 4.23. The molecule has 1 aromatic carbocycles. The van der Waals surface area contributed by atoms with Gasteiger partial charge >= 0.3 is 0 Å². The van der Waals surface area contributed by atoms with Crippen molar-refractivity contribution in [1.82, 2.24) is 15.5 Å². The number of hydrogen-bond donors (Lipinski definition) is 2. The minimum atomic E-state index is 0.0383. The molecule has 1 aliphatic rings. The molecule has 26 heavy (non-hydrogen) atoms. The third kappa shape index (κ3) is 3.51. The Balaban J connectivity index is 1.43. The molecule has 134 valence electrons. The fourth-order valence-electron chi connectivity index (χ4n) is 3.40. The molecule has 2 N–H and O–H groups in total. The number of aryl methyl sites for hydroxylation is 1. The van der Waals surface area contributed by atoms with Crippen molar-refractivity contribution in [2.24, 2.45) is 0 Å². The van der Waals surface area contributed by atoms with Crippen LogP contribution in [0.25, 0.3) is 11.3 Å². The maximum absolute atomic E-state index is 12.5. The second-order valence-corrected chi connectivity index (χ2v) is 7.61. The van der Waals surface area contributed by atoms with Gasteiger partial charge in [0.25, 0.3) is 5.91 Å². The van der Waals surface area contributed by atoms with E-state index < -0.39 is 0 Å². The highest BCUT2D eigenvalue weighted by molar-refractivity contribution is 7.12. The summed E-state index contributed by atoms with van der Waals surface area (Å²) in [6.45, 7) is 3.73. The summed E-state index contributed by atoms with van der Waals surface area (Å²) < 4.78 is 0. The summed E-state index contributed by atoms with van der Waals surface area (Å²) in [5.41, 5.74) is 3.18. The number of aromatic amines is 1. The van der Waals surface area contributed by atoms with Gasteiger partial charge in [-0.1, -0.05) is 30.3 Å². The third-order valence-electron chi connectivity index (χ3n) is 4.80. The van der Waals surface area contributed by atoms with Crippen molar-refractivity contribution in [2.75, 3.05) is 18.0 Å². The summed E-state index contributed by atoms with van der Waals surface area (Å²) in [5.74, 6) is 0.978. The van der Waals surface area contributed by atoms with Crippen molar-refractivity contribution in [1.29, 1.82) is 0 Å². The lowest BCUT2D eigenvalue weighted by Gasteiger charge is -2.33. The van der Waals surface area contributed by atoms with Crippen LogP contribution in [-0.4, -0.2) is 35.2 Å². The van der Waals surface area contributed by atoms with Crippen molar-refractivity contribution in [3.05, 3.63) is 58.3 Å². The second kappa shape index (κ2) is 7.33. The second-order valence-electron chi connectivity index (χ2n) is 6.70. The molecule has 0 saturated carbocycles. The molecule has 1 amide bonds. The van der Waals surface area contributed by atoms with E-state index in [0.717, 1.165) is 53.4 Å². The van der Waals surface area contributed by atoms with E-state index in [1.54, 1.807) is 0 Å². The van der Waals surface area contributed by atoms with E-state index in [0.29, 0.717) is 0 Å². The molecule has 1 fully saturated rings. The Hall–Kier alpha value is -2.60. The van der Waals surface area contributed by atoms with E-state index >= 15 is 0 Å². The zero-order chi connectivity index (χ0) is 17.9. The highest BCUT2D eigenvalue weighted by atomic mass is 32.1. The van der Waals surface area contributed by atoms with Gasteiger partial charge in [0.1, 0.15) is 0 Å². The number of piperidine rings is 1. The Morgan fingerprint density at radius 3 is 2.92 bits per heavy atom. The van der Waals surface area contributed by atoms with Gasteiger partial charge in [-0.15, -0.1) is 11.3 Å². The van der Waals surface area contributed by atoms with Crippen LogP contribution in [-0.2, 0) is 0 Å². The molecule has 4 rings (SSSR count). The topological polar surface area (TPSA) is 61.0 Å². The monoisotopic (exact) mass is 366 g/mol. The van der Waals surface area contributed by atoms with Gasteiger partial charge in [-0.2, -0.15) is 5.10 Å². The molecule has 2 aromatic heterocycles. The number of aromatic nitrogens is 2. The summed E-state index contributed by atoms with van der Waals surface area (Å²) in [5, 5.41) is 12.8. The number of rotatable bonds is 4. The third-order valence-corrected chi connectivity index (χ3v) is 5.81. The number of carbonyl (C=O) groups excluding carboxylic acids is 1. The van der Waals surface area contributed by atoms with E-state index in [9.17, 15) is 4.79 Å². The lowest BCUT2D eigenvalue weighted by Crippen LogP contribution is -2.47. The van der Waals surface area contributed by atoms with Gasteiger partial charge in [0, 0.05) is 25.2 Å². The quantitative estimate of drug-likeness (QED) is 0.737. The van der Waals surface area contributed by atoms with Gasteiger partial charge in [-0.3, -0.25) is 9.89 Å². The van der Waals surface area contributed by atoms with Crippen molar-refractivity contribution in [2.45, 2.75) is 25.8 Å². The Morgan fingerprint density at radius 1 is 1.31 bits per heavy atom. The first-order valence-corrected chi connectivity index (χ1v) is 9.79. The molecule has 3 heterocycles. The molecule has 3 aromatic rings. The van der Waals surface area contributed by atoms with E-state index in [4.69, 9.17) is 0 Å². The minimum absolute atomic E-state index is 0.0383. The lowest BCUT2D eigenvalue weighted by molar-refractivity contribution is 0.0936. The Morgan fingerprint density at radius 2 is 2.15 bits per heavy atom. The van der Waals surface area contributed by atoms with Gasteiger partial charge in [0.15, 0.2) is 5.82 Å². The maximum atomic E-state index is 12.5. The lowest BCUT2D eigenvalue weighted by atomic mass is 10.1. The molecule has 1 unspecified atom stereocenters. The van der Waals surface area contributed by atoms with Crippen molar-refractivity contribution in [3.8, 4) is 11.3 Å². The van der Waals surface area contributed by atoms with E-state index in [1.165, 1.54) is 11.3 Å². The van der Waals surface area contributed by atoms with Crippen LogP contribution in [0.1, 0.15) is 28.1 Å². The Bertz CT molecular complexity index is 886. The molecular formula is C20H22N4OS. The minimum Gasteiger partial charge on any atom is -0.353 e. The summed E-state index contributed by atoms with van der Waals surface area (Å²) in [4.78, 5) is 15.5. The number of thiophene rings is 1. The zero-order valence-electron chi connectivity index (χ0n) is 14.7. The standard InChI is InChI=1S/C20H22N4OS/c1-14-9-11-26-19(14)20(25)21-16-8-5-10-24(13-16)18-12-17(22-23-18)15-6-3-2-4-7-15/h2-4,6-7,9,11-12,16H,5,8,10,13H2,1H3,(H,21,25)(H,22,23). The molecule has 5 nitrogen and oxygen atoms in total. The predicted molar refractivity (Wildman–Crippen MR) is 106 cm³/mol. The van der Waals surface area contributed by atoms with Crippen LogP contribution in [0, 0.1) is 6.92 Å². The highest BCUT2D eigenvalue weighted by Gasteiger charge is 2.24. The van der Waals surface area contributed by atoms with Gasteiger partial charge in [-0.05, 0) is 42.3 Å². The Labute approximate surface area is 157 Å². The van der Waals surface area contributed by atoms with Crippen LogP contribution >= 0.6 is 11.3 Å². The number of anilines is 1. The van der Waals surface area contributed by atoms with Crippen LogP contribution in [0.3, 0.4) is 0 Å². The van der Waals surface area contributed by atoms with Crippen LogP contribution < -0.4 is 10.2 Å². The SMILES string of the molecule is Cc1ccsc1C(=O)NC1CCCN(c2cc(-c3ccccc3)[nH]n2)C1. The molecule has 6 heteroatoms. The van der Waals surface area contributed by atoms with Gasteiger partial charge in [-0.25, -0.2) is 0 Å². The molecular weight excluding hydrogens is 344 g/mol. The number of H-pyrrole nitrogens is 1. The van der Waals surface area contributed by atoms with Crippen LogP contribution in [0.5, 0.6) is 0 Å². The van der Waals surface area contributed by atoms with Crippen molar-refractivity contribution < 1.29 is 4.79 Å². The predicted octanol–water partition coefficient (Wildman–Crippen LogP) is 3.85. The maximum Gasteiger partial charge on any atom is 0.261 e. The van der Waals surface area contributed by atoms with Gasteiger partial charge < -0.3 is 10.2 Å². The van der Waals surface area contributed by atoms with Crippen molar-refractivity contribution in [3.63, 3.8) is 0 Å². The Kier molecular flexibility index (Phi) is 4.75. The van der Waals surface area contributed by atoms with Gasteiger partial charge in [0.2, 0.25) is 0 Å². The number of hydrogen-bond acceptors (Lipinski definition) is 4. The first kappa shape index (κ1) is 16.8. The first-order chi connectivity index (χ1) is 12.7. The van der Waals surface area contributed by atoms with Gasteiger partial charge in [0.05, 0.1) is 10.6 Å². The summed E-state index contributed by atoms with van der Waals surface area (Å²) in [6.07, 6.45) is 2.05. The van der Waals surface area contributed by atoms with E-state index in [1.807, 2.05) is 36.6 Å². The number of nitrogens with zero attached hydrogens (tertiary/aromatic N) is 2. The zero-order valence-corrected chi connectivity index (χ0v) is 15.6. The molecule has 0 aliphatic carbocycles. The molecule has 0 spiro atoms. The number of carbonyl (C=O) groups is 1. The average Bonchev–Trinajstić information content (AvgIpc) is 3.32. The number of benzene rings is 1. The summed E-state index contributed by atoms with van der Waals surface area (Å²) in [6, 6.07) is 14.4.